The van der Waals surface area contributed by atoms with E-state index in [-0.39, 0.29) is 5.12 Å². The summed E-state index contributed by atoms with van der Waals surface area (Å²) in [5.41, 5.74) is 0. The van der Waals surface area contributed by atoms with Crippen molar-refractivity contribution < 1.29 is 13.6 Å². The molecule has 5 heteroatoms. The first-order valence-electron chi connectivity index (χ1n) is 3.10. The van der Waals surface area contributed by atoms with Crippen LogP contribution in [0.25, 0.3) is 0 Å². The molecule has 1 rings (SSSR count). The van der Waals surface area contributed by atoms with Gasteiger partial charge in [0, 0.05) is 5.75 Å². The predicted molar refractivity (Wildman–Crippen MR) is 44.3 cm³/mol. The largest absolute Gasteiger partial charge is 0.287 e. The van der Waals surface area contributed by atoms with E-state index in [2.05, 4.69) is 15.9 Å². The van der Waals surface area contributed by atoms with Gasteiger partial charge < -0.3 is 0 Å². The Morgan fingerprint density at radius 1 is 1.82 bits per heavy atom. The van der Waals surface area contributed by atoms with Gasteiger partial charge in [-0.2, -0.15) is 0 Å². The SMILES string of the molecule is CC(Br)(C(F)F)C1CSC1=O. The van der Waals surface area contributed by atoms with Crippen LogP contribution >= 0.6 is 27.7 Å². The van der Waals surface area contributed by atoms with E-state index in [1.807, 2.05) is 0 Å². The van der Waals surface area contributed by atoms with Crippen molar-refractivity contribution in [2.24, 2.45) is 5.92 Å². The van der Waals surface area contributed by atoms with Crippen molar-refractivity contribution >= 4 is 32.8 Å². The molecule has 1 aliphatic rings. The second-order valence-electron chi connectivity index (χ2n) is 2.63. The molecule has 0 aliphatic carbocycles. The number of carbonyl (C=O) groups is 1. The Hall–Kier alpha value is 0.360. The fourth-order valence-electron chi connectivity index (χ4n) is 0.780. The van der Waals surface area contributed by atoms with Crippen LogP contribution in [0.5, 0.6) is 0 Å². The standard InChI is InChI=1S/C6H7BrF2OS/c1-6(7,5(8)9)3-2-11-4(3)10/h3,5H,2H2,1H3. The van der Waals surface area contributed by atoms with E-state index in [4.69, 9.17) is 0 Å². The van der Waals surface area contributed by atoms with Gasteiger partial charge in [-0.3, -0.25) is 4.79 Å². The summed E-state index contributed by atoms with van der Waals surface area (Å²) < 4.78 is 23.2. The zero-order valence-corrected chi connectivity index (χ0v) is 8.21. The predicted octanol–water partition coefficient (Wildman–Crippen LogP) is 2.29. The van der Waals surface area contributed by atoms with Gasteiger partial charge in [-0.1, -0.05) is 27.7 Å². The number of hydrogen-bond acceptors (Lipinski definition) is 2. The molecule has 2 atom stereocenters. The van der Waals surface area contributed by atoms with E-state index in [1.165, 1.54) is 6.92 Å². The second kappa shape index (κ2) is 3.01. The minimum Gasteiger partial charge on any atom is -0.287 e. The molecule has 64 valence electrons. The van der Waals surface area contributed by atoms with Crippen molar-refractivity contribution in [1.29, 1.82) is 0 Å². The third-order valence-corrected chi connectivity index (χ3v) is 3.75. The zero-order valence-electron chi connectivity index (χ0n) is 5.81. The molecule has 1 aliphatic heterocycles. The van der Waals surface area contributed by atoms with E-state index in [9.17, 15) is 13.6 Å². The van der Waals surface area contributed by atoms with Gasteiger partial charge in [0.1, 0.15) is 0 Å². The van der Waals surface area contributed by atoms with Crippen LogP contribution in [-0.2, 0) is 4.79 Å². The topological polar surface area (TPSA) is 17.1 Å². The highest BCUT2D eigenvalue weighted by atomic mass is 79.9. The van der Waals surface area contributed by atoms with Crippen molar-refractivity contribution in [1.82, 2.24) is 0 Å². The Morgan fingerprint density at radius 3 is 2.45 bits per heavy atom. The van der Waals surface area contributed by atoms with E-state index in [0.717, 1.165) is 11.8 Å². The van der Waals surface area contributed by atoms with Crippen molar-refractivity contribution in [3.05, 3.63) is 0 Å². The van der Waals surface area contributed by atoms with E-state index in [0.29, 0.717) is 5.75 Å². The van der Waals surface area contributed by atoms with E-state index in [1.54, 1.807) is 0 Å². The summed E-state index contributed by atoms with van der Waals surface area (Å²) in [6.07, 6.45) is -2.49. The highest BCUT2D eigenvalue weighted by Gasteiger charge is 2.49. The van der Waals surface area contributed by atoms with Gasteiger partial charge in [-0.25, -0.2) is 8.78 Å². The van der Waals surface area contributed by atoms with Crippen molar-refractivity contribution in [2.75, 3.05) is 5.75 Å². The molecule has 0 aromatic heterocycles. The third-order valence-electron chi connectivity index (χ3n) is 1.78. The molecule has 0 N–H and O–H groups in total. The van der Waals surface area contributed by atoms with Crippen molar-refractivity contribution in [2.45, 2.75) is 17.7 Å². The lowest BCUT2D eigenvalue weighted by Gasteiger charge is -2.35. The lowest BCUT2D eigenvalue weighted by molar-refractivity contribution is -0.117. The molecule has 0 aromatic rings. The molecule has 1 fully saturated rings. The molecular formula is C6H7BrF2OS. The number of rotatable bonds is 2. The number of carbonyl (C=O) groups excluding carboxylic acids is 1. The minimum atomic E-state index is -2.49. The van der Waals surface area contributed by atoms with Crippen LogP contribution in [0.15, 0.2) is 0 Å². The fourth-order valence-corrected chi connectivity index (χ4v) is 2.58. The van der Waals surface area contributed by atoms with Crippen LogP contribution in [0.3, 0.4) is 0 Å². The Morgan fingerprint density at radius 2 is 2.36 bits per heavy atom. The average Bonchev–Trinajstić information content (AvgIpc) is 1.83. The fraction of sp³-hybridized carbons (Fsp3) is 0.833. The molecule has 0 amide bonds. The van der Waals surface area contributed by atoms with Crippen LogP contribution in [0, 0.1) is 5.92 Å². The lowest BCUT2D eigenvalue weighted by Crippen LogP contribution is -2.46. The molecule has 1 saturated heterocycles. The van der Waals surface area contributed by atoms with Crippen LogP contribution in [0.4, 0.5) is 8.78 Å². The summed E-state index contributed by atoms with van der Waals surface area (Å²) in [6.45, 7) is 1.36. The number of halogens is 3. The molecule has 0 aromatic carbocycles. The molecule has 1 heterocycles. The van der Waals surface area contributed by atoms with Crippen LogP contribution in [-0.4, -0.2) is 21.6 Å². The number of hydrogen-bond donors (Lipinski definition) is 0. The lowest BCUT2D eigenvalue weighted by atomic mass is 9.96. The maximum atomic E-state index is 12.2. The maximum Gasteiger partial charge on any atom is 0.254 e. The monoisotopic (exact) mass is 244 g/mol. The first-order chi connectivity index (χ1) is 4.96. The van der Waals surface area contributed by atoms with Gasteiger partial charge in [0.05, 0.1) is 10.2 Å². The third kappa shape index (κ3) is 1.59. The summed E-state index contributed by atoms with van der Waals surface area (Å²) in [5.74, 6) is -0.0159. The summed E-state index contributed by atoms with van der Waals surface area (Å²) in [7, 11) is 0. The van der Waals surface area contributed by atoms with Crippen molar-refractivity contribution in [3.8, 4) is 0 Å². The first kappa shape index (κ1) is 9.45. The van der Waals surface area contributed by atoms with Crippen molar-refractivity contribution in [3.63, 3.8) is 0 Å². The van der Waals surface area contributed by atoms with Gasteiger partial charge in [0.25, 0.3) is 6.43 Å². The quantitative estimate of drug-likeness (QED) is 0.694. The Labute approximate surface area is 76.0 Å². The molecule has 2 unspecified atom stereocenters. The molecule has 0 spiro atoms. The normalized spacial score (nSPS) is 29.9. The highest BCUT2D eigenvalue weighted by molar-refractivity contribution is 9.10. The highest BCUT2D eigenvalue weighted by Crippen LogP contribution is 2.43. The van der Waals surface area contributed by atoms with Crippen LogP contribution < -0.4 is 0 Å². The smallest absolute Gasteiger partial charge is 0.254 e. The molecule has 0 bridgehead atoms. The first-order valence-corrected chi connectivity index (χ1v) is 4.88. The number of thioether (sulfide) groups is 1. The Balaban J connectivity index is 2.64. The number of alkyl halides is 3. The van der Waals surface area contributed by atoms with E-state index >= 15 is 0 Å². The van der Waals surface area contributed by atoms with E-state index < -0.39 is 16.7 Å². The van der Waals surface area contributed by atoms with Gasteiger partial charge in [-0.05, 0) is 6.92 Å². The summed E-state index contributed by atoms with van der Waals surface area (Å²) in [5, 5.41) is -0.135. The second-order valence-corrected chi connectivity index (χ2v) is 5.37. The molecule has 1 nitrogen and oxygen atoms in total. The average molecular weight is 245 g/mol. The summed E-state index contributed by atoms with van der Waals surface area (Å²) >= 11 is 3.99. The maximum absolute atomic E-state index is 12.2. The van der Waals surface area contributed by atoms with Gasteiger partial charge in [0.2, 0.25) is 0 Å². The van der Waals surface area contributed by atoms with Gasteiger partial charge in [0.15, 0.2) is 5.12 Å². The minimum absolute atomic E-state index is 0.135. The summed E-state index contributed by atoms with van der Waals surface area (Å²) in [4.78, 5) is 10.8. The van der Waals surface area contributed by atoms with Gasteiger partial charge >= 0.3 is 0 Å². The molecule has 11 heavy (non-hydrogen) atoms. The molecular weight excluding hydrogens is 238 g/mol. The van der Waals surface area contributed by atoms with Gasteiger partial charge in [-0.15, -0.1) is 0 Å². The van der Waals surface area contributed by atoms with Crippen LogP contribution in [0.2, 0.25) is 0 Å². The Bertz CT molecular complexity index is 183. The zero-order chi connectivity index (χ0) is 8.65. The molecule has 0 saturated carbocycles. The molecule has 0 radical (unpaired) electrons. The Kier molecular flexibility index (Phi) is 2.59. The van der Waals surface area contributed by atoms with Crippen LogP contribution in [0.1, 0.15) is 6.92 Å². The summed E-state index contributed by atoms with van der Waals surface area (Å²) in [6, 6.07) is 0.